The molecule has 0 saturated heterocycles. The third kappa shape index (κ3) is 5.48. The first-order chi connectivity index (χ1) is 15.5. The minimum atomic E-state index is -4.26. The van der Waals surface area contributed by atoms with E-state index in [-0.39, 0.29) is 11.3 Å². The van der Waals surface area contributed by atoms with Gasteiger partial charge >= 0.3 is 5.97 Å². The number of nitrogens with one attached hydrogen (secondary N) is 1. The van der Waals surface area contributed by atoms with Gasteiger partial charge in [-0.15, -0.1) is 0 Å². The molecule has 1 aromatic heterocycles. The summed E-state index contributed by atoms with van der Waals surface area (Å²) in [6.07, 6.45) is 0.894. The van der Waals surface area contributed by atoms with Crippen LogP contribution in [0.5, 0.6) is 0 Å². The second-order valence-corrected chi connectivity index (χ2v) is 9.26. The van der Waals surface area contributed by atoms with E-state index in [1.807, 2.05) is 24.6 Å². The van der Waals surface area contributed by atoms with Gasteiger partial charge in [0, 0.05) is 19.3 Å². The van der Waals surface area contributed by atoms with Gasteiger partial charge in [-0.1, -0.05) is 6.92 Å². The predicted octanol–water partition coefficient (Wildman–Crippen LogP) is 4.02. The van der Waals surface area contributed by atoms with Crippen LogP contribution in [-0.2, 0) is 23.1 Å². The van der Waals surface area contributed by atoms with E-state index in [9.17, 15) is 27.1 Å². The van der Waals surface area contributed by atoms with Gasteiger partial charge in [0.25, 0.3) is 10.0 Å². The number of halogens is 2. The number of anilines is 2. The van der Waals surface area contributed by atoms with Gasteiger partial charge < -0.3 is 10.0 Å². The standard InChI is InChI=1S/C22H24F2N4O4S/c1-4-9-28-16(10-14(2)25-28)13-27(3)21-8-5-15(11-18(21)22(29)30)26-33(31,32)17-6-7-19(23)20(24)12-17/h5-8,10-12,26H,4,9,13H2,1-3H3,(H,29,30). The normalized spacial score (nSPS) is 11.4. The second kappa shape index (κ2) is 9.57. The van der Waals surface area contributed by atoms with Crippen molar-refractivity contribution in [1.29, 1.82) is 0 Å². The largest absolute Gasteiger partial charge is 0.478 e. The molecule has 2 N–H and O–H groups in total. The van der Waals surface area contributed by atoms with Crippen molar-refractivity contribution < 1.29 is 27.1 Å². The summed E-state index contributed by atoms with van der Waals surface area (Å²) in [5.74, 6) is -3.73. The lowest BCUT2D eigenvalue weighted by Crippen LogP contribution is -2.22. The summed E-state index contributed by atoms with van der Waals surface area (Å²) >= 11 is 0. The Morgan fingerprint density at radius 2 is 1.88 bits per heavy atom. The summed E-state index contributed by atoms with van der Waals surface area (Å²) in [4.78, 5) is 13.2. The first-order valence-electron chi connectivity index (χ1n) is 10.1. The molecule has 0 fully saturated rings. The number of hydrogen-bond donors (Lipinski definition) is 2. The maximum Gasteiger partial charge on any atom is 0.337 e. The van der Waals surface area contributed by atoms with E-state index >= 15 is 0 Å². The van der Waals surface area contributed by atoms with Crippen LogP contribution in [0.15, 0.2) is 47.4 Å². The average molecular weight is 479 g/mol. The molecule has 0 saturated carbocycles. The summed E-state index contributed by atoms with van der Waals surface area (Å²) in [5.41, 5.74) is 1.99. The Morgan fingerprint density at radius 1 is 1.15 bits per heavy atom. The predicted molar refractivity (Wildman–Crippen MR) is 120 cm³/mol. The molecular formula is C22H24F2N4O4S. The van der Waals surface area contributed by atoms with Crippen molar-refractivity contribution in [2.45, 2.75) is 38.3 Å². The van der Waals surface area contributed by atoms with Crippen molar-refractivity contribution in [3.8, 4) is 0 Å². The highest BCUT2D eigenvalue weighted by atomic mass is 32.2. The molecule has 3 aromatic rings. The van der Waals surface area contributed by atoms with Crippen molar-refractivity contribution in [3.05, 3.63) is 71.1 Å². The van der Waals surface area contributed by atoms with Crippen LogP contribution in [0.1, 0.15) is 35.1 Å². The van der Waals surface area contributed by atoms with Crippen LogP contribution in [0, 0.1) is 18.6 Å². The number of rotatable bonds is 9. The zero-order valence-electron chi connectivity index (χ0n) is 18.3. The van der Waals surface area contributed by atoms with Gasteiger partial charge in [-0.2, -0.15) is 5.10 Å². The molecule has 0 aliphatic carbocycles. The molecule has 2 aromatic carbocycles. The van der Waals surface area contributed by atoms with Gasteiger partial charge in [0.15, 0.2) is 11.6 Å². The van der Waals surface area contributed by atoms with Crippen LogP contribution in [0.4, 0.5) is 20.2 Å². The summed E-state index contributed by atoms with van der Waals surface area (Å²) in [7, 11) is -2.53. The smallest absolute Gasteiger partial charge is 0.337 e. The number of aryl methyl sites for hydroxylation is 2. The summed E-state index contributed by atoms with van der Waals surface area (Å²) < 4.78 is 55.8. The van der Waals surface area contributed by atoms with Crippen LogP contribution in [-0.4, -0.2) is 36.3 Å². The van der Waals surface area contributed by atoms with Crippen molar-refractivity contribution in [2.24, 2.45) is 0 Å². The quantitative estimate of drug-likeness (QED) is 0.482. The Bertz CT molecular complexity index is 1290. The molecule has 0 aliphatic rings. The number of carbonyl (C=O) groups is 1. The summed E-state index contributed by atoms with van der Waals surface area (Å²) in [5, 5.41) is 14.2. The fourth-order valence-corrected chi connectivity index (χ4v) is 4.48. The van der Waals surface area contributed by atoms with Crippen LogP contribution in [0.2, 0.25) is 0 Å². The molecule has 8 nitrogen and oxygen atoms in total. The molecule has 11 heteroatoms. The van der Waals surface area contributed by atoms with Crippen molar-refractivity contribution >= 4 is 27.4 Å². The second-order valence-electron chi connectivity index (χ2n) is 7.57. The zero-order chi connectivity index (χ0) is 24.3. The number of aromatic nitrogens is 2. The minimum absolute atomic E-state index is 0.0267. The van der Waals surface area contributed by atoms with Gasteiger partial charge in [0.1, 0.15) is 0 Å². The Labute approximate surface area is 190 Å². The van der Waals surface area contributed by atoms with E-state index in [1.165, 1.54) is 18.2 Å². The van der Waals surface area contributed by atoms with Crippen molar-refractivity contribution in [2.75, 3.05) is 16.7 Å². The number of carboxylic acids is 1. The number of benzene rings is 2. The van der Waals surface area contributed by atoms with E-state index in [4.69, 9.17) is 0 Å². The maximum absolute atomic E-state index is 13.5. The third-order valence-corrected chi connectivity index (χ3v) is 6.29. The Balaban J connectivity index is 1.89. The fourth-order valence-electron chi connectivity index (χ4n) is 3.42. The van der Waals surface area contributed by atoms with Crippen LogP contribution >= 0.6 is 0 Å². The van der Waals surface area contributed by atoms with Gasteiger partial charge in [0.05, 0.1) is 34.1 Å². The van der Waals surface area contributed by atoms with Crippen LogP contribution in [0.25, 0.3) is 0 Å². The monoisotopic (exact) mass is 478 g/mol. The minimum Gasteiger partial charge on any atom is -0.478 e. The first-order valence-corrected chi connectivity index (χ1v) is 11.6. The fraction of sp³-hybridized carbons (Fsp3) is 0.273. The lowest BCUT2D eigenvalue weighted by Gasteiger charge is -2.22. The number of sulfonamides is 1. The lowest BCUT2D eigenvalue weighted by molar-refractivity contribution is 0.0697. The average Bonchev–Trinajstić information content (AvgIpc) is 3.08. The zero-order valence-corrected chi connectivity index (χ0v) is 19.2. The van der Waals surface area contributed by atoms with E-state index in [2.05, 4.69) is 9.82 Å². The molecule has 0 aliphatic heterocycles. The molecule has 0 bridgehead atoms. The maximum atomic E-state index is 13.5. The third-order valence-electron chi connectivity index (χ3n) is 4.91. The highest BCUT2D eigenvalue weighted by molar-refractivity contribution is 7.92. The topological polar surface area (TPSA) is 105 Å². The van der Waals surface area contributed by atoms with Crippen LogP contribution < -0.4 is 9.62 Å². The number of nitrogens with zero attached hydrogens (tertiary/aromatic N) is 3. The lowest BCUT2D eigenvalue weighted by atomic mass is 10.1. The molecule has 1 heterocycles. The molecule has 0 atom stereocenters. The summed E-state index contributed by atoms with van der Waals surface area (Å²) in [6, 6.07) is 8.18. The molecule has 0 amide bonds. The van der Waals surface area contributed by atoms with E-state index in [0.717, 1.165) is 30.4 Å². The molecule has 0 radical (unpaired) electrons. The van der Waals surface area contributed by atoms with E-state index in [0.29, 0.717) is 24.4 Å². The molecule has 3 rings (SSSR count). The highest BCUT2D eigenvalue weighted by Gasteiger charge is 2.20. The number of hydrogen-bond acceptors (Lipinski definition) is 5. The Morgan fingerprint density at radius 3 is 2.52 bits per heavy atom. The van der Waals surface area contributed by atoms with Gasteiger partial charge in [-0.3, -0.25) is 9.40 Å². The summed E-state index contributed by atoms with van der Waals surface area (Å²) in [6.45, 7) is 5.04. The van der Waals surface area contributed by atoms with Crippen molar-refractivity contribution in [1.82, 2.24) is 9.78 Å². The molecule has 0 unspecified atom stereocenters. The Hall–Kier alpha value is -3.47. The molecule has 0 spiro atoms. The van der Waals surface area contributed by atoms with Gasteiger partial charge in [-0.05, 0) is 55.8 Å². The highest BCUT2D eigenvalue weighted by Crippen LogP contribution is 2.27. The van der Waals surface area contributed by atoms with Gasteiger partial charge in [0.2, 0.25) is 0 Å². The molecule has 176 valence electrons. The van der Waals surface area contributed by atoms with Crippen LogP contribution in [0.3, 0.4) is 0 Å². The number of carboxylic acid groups (broad SMARTS) is 1. The van der Waals surface area contributed by atoms with Gasteiger partial charge in [-0.25, -0.2) is 22.0 Å². The van der Waals surface area contributed by atoms with E-state index in [1.54, 1.807) is 11.9 Å². The van der Waals surface area contributed by atoms with Crippen molar-refractivity contribution in [3.63, 3.8) is 0 Å². The number of aromatic carboxylic acids is 1. The molecule has 33 heavy (non-hydrogen) atoms. The SMILES string of the molecule is CCCn1nc(C)cc1CN(C)c1ccc(NS(=O)(=O)c2ccc(F)c(F)c2)cc1C(=O)O. The molecular weight excluding hydrogens is 454 g/mol. The van der Waals surface area contributed by atoms with E-state index < -0.39 is 32.5 Å². The first kappa shape index (κ1) is 24.2. The Kier molecular flexibility index (Phi) is 7.01.